The monoisotopic (exact) mass is 274 g/mol. The number of benzene rings is 1. The molecule has 4 heteroatoms. The van der Waals surface area contributed by atoms with Gasteiger partial charge in [-0.15, -0.1) is 11.8 Å². The number of aromatic nitrogens is 1. The van der Waals surface area contributed by atoms with E-state index in [9.17, 15) is 5.11 Å². The number of hydrogen-bond donors (Lipinski definition) is 2. The molecule has 0 spiro atoms. The minimum Gasteiger partial charge on any atom is -0.387 e. The maximum absolute atomic E-state index is 10.3. The van der Waals surface area contributed by atoms with Crippen molar-refractivity contribution in [1.29, 1.82) is 0 Å². The third-order valence-corrected chi connectivity index (χ3v) is 4.09. The summed E-state index contributed by atoms with van der Waals surface area (Å²) < 4.78 is 0. The van der Waals surface area contributed by atoms with E-state index in [0.717, 1.165) is 16.0 Å². The van der Waals surface area contributed by atoms with Crippen molar-refractivity contribution in [2.24, 2.45) is 0 Å². The number of nitrogens with two attached hydrogens (primary N) is 1. The number of anilines is 1. The second kappa shape index (κ2) is 6.08. The summed E-state index contributed by atoms with van der Waals surface area (Å²) in [7, 11) is 0. The quantitative estimate of drug-likeness (QED) is 0.841. The molecule has 1 heterocycles. The number of pyridine rings is 1. The van der Waals surface area contributed by atoms with E-state index in [0.29, 0.717) is 11.6 Å². The summed E-state index contributed by atoms with van der Waals surface area (Å²) in [5.74, 6) is 0.983. The van der Waals surface area contributed by atoms with Gasteiger partial charge in [0.2, 0.25) is 0 Å². The second-order valence-electron chi connectivity index (χ2n) is 4.57. The summed E-state index contributed by atoms with van der Waals surface area (Å²) in [6.07, 6.45) is 1.06. The fourth-order valence-electron chi connectivity index (χ4n) is 1.92. The van der Waals surface area contributed by atoms with Crippen LogP contribution >= 0.6 is 11.8 Å². The molecule has 0 aliphatic carbocycles. The highest BCUT2D eigenvalue weighted by Crippen LogP contribution is 2.28. The summed E-state index contributed by atoms with van der Waals surface area (Å²) in [5.41, 5.74) is 8.78. The molecule has 2 rings (SSSR count). The van der Waals surface area contributed by atoms with Crippen molar-refractivity contribution < 1.29 is 5.11 Å². The fourth-order valence-corrected chi connectivity index (χ4v) is 2.76. The predicted molar refractivity (Wildman–Crippen MR) is 80.2 cm³/mol. The molecule has 0 aliphatic heterocycles. The first-order valence-electron chi connectivity index (χ1n) is 6.16. The van der Waals surface area contributed by atoms with Crippen LogP contribution in [-0.2, 0) is 0 Å². The number of aliphatic hydroxyl groups excluding tert-OH is 1. The number of hydrogen-bond acceptors (Lipinski definition) is 4. The zero-order valence-corrected chi connectivity index (χ0v) is 11.9. The fraction of sp³-hybridized carbons (Fsp3) is 0.267. The van der Waals surface area contributed by atoms with Gasteiger partial charge in [0.15, 0.2) is 0 Å². The minimum absolute atomic E-state index is 0.414. The third kappa shape index (κ3) is 3.49. The second-order valence-corrected chi connectivity index (χ2v) is 5.66. The Labute approximate surface area is 117 Å². The molecule has 1 aromatic heterocycles. The molecule has 1 atom stereocenters. The number of thioether (sulfide) groups is 1. The van der Waals surface area contributed by atoms with Crippen LogP contribution in [0.1, 0.15) is 22.8 Å². The largest absolute Gasteiger partial charge is 0.387 e. The van der Waals surface area contributed by atoms with Gasteiger partial charge in [0.1, 0.15) is 5.82 Å². The molecule has 3 N–H and O–H groups in total. The lowest BCUT2D eigenvalue weighted by Crippen LogP contribution is -2.08. The van der Waals surface area contributed by atoms with Crippen molar-refractivity contribution in [3.05, 3.63) is 53.2 Å². The summed E-state index contributed by atoms with van der Waals surface area (Å²) >= 11 is 1.62. The van der Waals surface area contributed by atoms with Gasteiger partial charge in [-0.3, -0.25) is 0 Å². The Morgan fingerprint density at radius 2 is 1.89 bits per heavy atom. The molecule has 2 aromatic rings. The van der Waals surface area contributed by atoms with Crippen molar-refractivity contribution in [1.82, 2.24) is 4.98 Å². The molecule has 1 aromatic carbocycles. The van der Waals surface area contributed by atoms with E-state index < -0.39 is 6.10 Å². The molecule has 19 heavy (non-hydrogen) atoms. The Hall–Kier alpha value is -1.52. The zero-order valence-electron chi connectivity index (χ0n) is 11.1. The first-order chi connectivity index (χ1) is 9.08. The smallest absolute Gasteiger partial charge is 0.129 e. The maximum atomic E-state index is 10.3. The molecule has 1 unspecified atom stereocenters. The van der Waals surface area contributed by atoms with Crippen LogP contribution < -0.4 is 5.73 Å². The van der Waals surface area contributed by atoms with Gasteiger partial charge in [-0.05, 0) is 37.6 Å². The lowest BCUT2D eigenvalue weighted by Gasteiger charge is -2.15. The van der Waals surface area contributed by atoms with Gasteiger partial charge in [0, 0.05) is 22.4 Å². The van der Waals surface area contributed by atoms with E-state index in [1.807, 2.05) is 13.0 Å². The van der Waals surface area contributed by atoms with Crippen LogP contribution in [0.25, 0.3) is 0 Å². The summed E-state index contributed by atoms with van der Waals surface area (Å²) in [6.45, 7) is 4.00. The van der Waals surface area contributed by atoms with Crippen LogP contribution in [0, 0.1) is 13.8 Å². The van der Waals surface area contributed by atoms with Gasteiger partial charge in [-0.2, -0.15) is 0 Å². The Kier molecular flexibility index (Phi) is 4.45. The van der Waals surface area contributed by atoms with Crippen LogP contribution in [0.3, 0.4) is 0 Å². The molecule has 0 aliphatic rings. The van der Waals surface area contributed by atoms with Gasteiger partial charge in [-0.25, -0.2) is 4.98 Å². The topological polar surface area (TPSA) is 59.1 Å². The van der Waals surface area contributed by atoms with Crippen molar-refractivity contribution in [3.8, 4) is 0 Å². The standard InChI is InChI=1S/C15H18N2OS/c1-10-3-5-12(6-4-10)19-9-13(18)14-11(2)7-8-17-15(14)16/h3-8,13,18H,9H2,1-2H3,(H2,16,17). The number of aliphatic hydroxyl groups is 1. The van der Waals surface area contributed by atoms with Crippen molar-refractivity contribution in [2.75, 3.05) is 11.5 Å². The molecule has 100 valence electrons. The Bertz CT molecular complexity index is 534. The highest BCUT2D eigenvalue weighted by atomic mass is 32.2. The third-order valence-electron chi connectivity index (χ3n) is 3.00. The molecular weight excluding hydrogens is 256 g/mol. The van der Waals surface area contributed by atoms with E-state index in [1.165, 1.54) is 5.56 Å². The summed E-state index contributed by atoms with van der Waals surface area (Å²) in [4.78, 5) is 5.18. The molecule has 3 nitrogen and oxygen atoms in total. The molecule has 0 radical (unpaired) electrons. The van der Waals surface area contributed by atoms with Crippen molar-refractivity contribution >= 4 is 17.6 Å². The first-order valence-corrected chi connectivity index (χ1v) is 7.15. The van der Waals surface area contributed by atoms with Crippen LogP contribution in [0.4, 0.5) is 5.82 Å². The van der Waals surface area contributed by atoms with E-state index in [1.54, 1.807) is 18.0 Å². The van der Waals surface area contributed by atoms with E-state index in [-0.39, 0.29) is 0 Å². The zero-order chi connectivity index (χ0) is 13.8. The SMILES string of the molecule is Cc1ccc(SCC(O)c2c(C)ccnc2N)cc1. The lowest BCUT2D eigenvalue weighted by molar-refractivity contribution is 0.204. The van der Waals surface area contributed by atoms with Crippen LogP contribution in [0.5, 0.6) is 0 Å². The van der Waals surface area contributed by atoms with E-state index in [4.69, 9.17) is 5.73 Å². The summed E-state index contributed by atoms with van der Waals surface area (Å²) in [5, 5.41) is 10.3. The van der Waals surface area contributed by atoms with Crippen LogP contribution in [-0.4, -0.2) is 15.8 Å². The van der Waals surface area contributed by atoms with Gasteiger partial charge < -0.3 is 10.8 Å². The molecule has 0 fully saturated rings. The maximum Gasteiger partial charge on any atom is 0.129 e. The van der Waals surface area contributed by atoms with Gasteiger partial charge in [0.05, 0.1) is 6.10 Å². The average Bonchev–Trinajstić information content (AvgIpc) is 2.38. The number of nitrogen functional groups attached to an aromatic ring is 1. The highest BCUT2D eigenvalue weighted by Gasteiger charge is 2.14. The Balaban J connectivity index is 2.05. The molecule has 0 bridgehead atoms. The normalized spacial score (nSPS) is 12.4. The van der Waals surface area contributed by atoms with Gasteiger partial charge in [0.25, 0.3) is 0 Å². The van der Waals surface area contributed by atoms with Crippen LogP contribution in [0.2, 0.25) is 0 Å². The van der Waals surface area contributed by atoms with Crippen LogP contribution in [0.15, 0.2) is 41.4 Å². The Morgan fingerprint density at radius 1 is 1.21 bits per heavy atom. The number of aryl methyl sites for hydroxylation is 2. The molecular formula is C15H18N2OS. The molecule has 0 saturated carbocycles. The number of rotatable bonds is 4. The first kappa shape index (κ1) is 13.9. The highest BCUT2D eigenvalue weighted by molar-refractivity contribution is 7.99. The minimum atomic E-state index is -0.597. The van der Waals surface area contributed by atoms with Crippen molar-refractivity contribution in [3.63, 3.8) is 0 Å². The van der Waals surface area contributed by atoms with Crippen molar-refractivity contribution in [2.45, 2.75) is 24.8 Å². The van der Waals surface area contributed by atoms with Gasteiger partial charge in [-0.1, -0.05) is 17.7 Å². The molecule has 0 amide bonds. The van der Waals surface area contributed by atoms with Gasteiger partial charge >= 0.3 is 0 Å². The average molecular weight is 274 g/mol. The summed E-state index contributed by atoms with van der Waals surface area (Å²) in [6, 6.07) is 10.1. The lowest BCUT2D eigenvalue weighted by atomic mass is 10.1. The number of nitrogens with zero attached hydrogens (tertiary/aromatic N) is 1. The van der Waals surface area contributed by atoms with E-state index in [2.05, 4.69) is 36.2 Å². The Morgan fingerprint density at radius 3 is 2.53 bits per heavy atom. The van der Waals surface area contributed by atoms with E-state index >= 15 is 0 Å². The predicted octanol–water partition coefficient (Wildman–Crippen LogP) is 3.11. The molecule has 0 saturated heterocycles.